The van der Waals surface area contributed by atoms with Crippen LogP contribution in [0.1, 0.15) is 101 Å². The van der Waals surface area contributed by atoms with Crippen LogP contribution in [0.2, 0.25) is 0 Å². The van der Waals surface area contributed by atoms with Crippen molar-refractivity contribution < 1.29 is 13.3 Å². The van der Waals surface area contributed by atoms with Crippen molar-refractivity contribution in [3.63, 3.8) is 0 Å². The minimum Gasteiger partial charge on any atom is -0.467 e. The van der Waals surface area contributed by atoms with Gasteiger partial charge in [-0.15, -0.1) is 22.7 Å². The molecule has 630 valence electrons. The molecule has 25 rings (SSSR count). The number of rotatable bonds is 0. The Morgan fingerprint density at radius 2 is 0.465 bits per heavy atom. The Morgan fingerprint density at radius 1 is 0.173 bits per heavy atom. The van der Waals surface area contributed by atoms with Crippen molar-refractivity contribution >= 4 is 190 Å². The SMILES string of the molecule is Cc1ccc(C)o1.Cc1ccc2[nH]c3ccc(C)cc3c2c1.Cc1ccc2c(c1)-c1cc(C)ccc1[SiH2]2.Cc1ccc2c(c1)[SiH2]c1cc(C)ccc1-2.Cc1ccc2c(c1)[nH]c1cc(C)ccc12.Cc1ccc2c(c1)oc1cc(C)ccc12.Cc1ccc2c(c1)sc1cc(C)ccc12.Cc1ccc2oc3ccc(C)cc3c2c1.Cc1ccc2sc3ccc(C)cc3c2c1. The fraction of sp³-hybridized carbons (Fsp3) is 0.153. The number of H-pyrrole nitrogens is 2. The van der Waals surface area contributed by atoms with Crippen molar-refractivity contribution in [2.24, 2.45) is 0 Å². The molecule has 16 aromatic carbocycles. The van der Waals surface area contributed by atoms with E-state index in [0.717, 1.165) is 33.9 Å². The molecular weight excluding hydrogens is 1610 g/mol. The van der Waals surface area contributed by atoms with Crippen LogP contribution in [-0.4, -0.2) is 29.0 Å². The number of benzene rings is 16. The number of thiophene rings is 2. The van der Waals surface area contributed by atoms with Gasteiger partial charge in [0.05, 0.1) is 19.0 Å². The first kappa shape index (κ1) is 86.0. The smallest absolute Gasteiger partial charge is 0.135 e. The highest BCUT2D eigenvalue weighted by Crippen LogP contribution is 2.39. The number of aryl methyl sites for hydroxylation is 18. The van der Waals surface area contributed by atoms with Gasteiger partial charge in [0.15, 0.2) is 0 Å². The summed E-state index contributed by atoms with van der Waals surface area (Å²) in [6, 6.07) is 110. The van der Waals surface area contributed by atoms with E-state index in [1.807, 2.05) is 60.8 Å². The van der Waals surface area contributed by atoms with Gasteiger partial charge in [0.25, 0.3) is 0 Å². The van der Waals surface area contributed by atoms with Gasteiger partial charge in [0, 0.05) is 106 Å². The molecule has 0 radical (unpaired) electrons. The molecule has 2 aliphatic heterocycles. The minimum absolute atomic E-state index is 0.192. The second-order valence-corrected chi connectivity index (χ2v) is 41.4. The first-order chi connectivity index (χ1) is 61.2. The van der Waals surface area contributed by atoms with Gasteiger partial charge in [0.2, 0.25) is 0 Å². The molecule has 0 saturated heterocycles. The Balaban J connectivity index is 0.000000101. The Hall–Kier alpha value is -13.1. The van der Waals surface area contributed by atoms with E-state index < -0.39 is 0 Å². The minimum atomic E-state index is -0.203. The molecule has 0 amide bonds. The summed E-state index contributed by atoms with van der Waals surface area (Å²) in [5.41, 5.74) is 35.9. The van der Waals surface area contributed by atoms with Crippen LogP contribution < -0.4 is 20.7 Å². The third-order valence-electron chi connectivity index (χ3n) is 24.2. The third-order valence-corrected chi connectivity index (χ3v) is 30.4. The zero-order chi connectivity index (χ0) is 88.6. The molecule has 0 spiro atoms. The maximum absolute atomic E-state index is 5.81. The summed E-state index contributed by atoms with van der Waals surface area (Å²) in [7, 11) is -0.395. The van der Waals surface area contributed by atoms with E-state index in [1.165, 1.54) is 217 Å². The van der Waals surface area contributed by atoms with Crippen molar-refractivity contribution in [1.82, 2.24) is 9.97 Å². The number of aromatic nitrogens is 2. The lowest BCUT2D eigenvalue weighted by atomic mass is 10.0. The number of hydrogen-bond donors (Lipinski definition) is 2. The van der Waals surface area contributed by atoms with E-state index in [0.29, 0.717) is 0 Å². The van der Waals surface area contributed by atoms with Crippen molar-refractivity contribution in [3.05, 3.63) is 404 Å². The van der Waals surface area contributed by atoms with Crippen molar-refractivity contribution in [1.29, 1.82) is 0 Å². The van der Waals surface area contributed by atoms with Gasteiger partial charge in [-0.3, -0.25) is 0 Å². The van der Waals surface area contributed by atoms with E-state index in [1.54, 1.807) is 20.7 Å². The summed E-state index contributed by atoms with van der Waals surface area (Å²) in [6.07, 6.45) is 0. The molecule has 0 unspecified atom stereocenters. The number of furan rings is 3. The van der Waals surface area contributed by atoms with E-state index in [2.05, 4.69) is 400 Å². The van der Waals surface area contributed by atoms with Gasteiger partial charge >= 0.3 is 0 Å². The largest absolute Gasteiger partial charge is 0.467 e. The van der Waals surface area contributed by atoms with Crippen LogP contribution in [0.4, 0.5) is 0 Å². The summed E-state index contributed by atoms with van der Waals surface area (Å²) in [5, 5.41) is 22.2. The second kappa shape index (κ2) is 36.8. The highest BCUT2D eigenvalue weighted by molar-refractivity contribution is 7.26. The van der Waals surface area contributed by atoms with Gasteiger partial charge in [-0.05, 0) is 302 Å². The lowest BCUT2D eigenvalue weighted by Gasteiger charge is -2.03. The predicted octanol–water partition coefficient (Wildman–Crippen LogP) is 30.3. The van der Waals surface area contributed by atoms with Crippen molar-refractivity contribution in [3.8, 4) is 22.3 Å². The molecule has 0 fully saturated rings. The molecule has 0 saturated carbocycles. The Bertz CT molecular complexity index is 7070. The fourth-order valence-electron chi connectivity index (χ4n) is 17.7. The van der Waals surface area contributed by atoms with E-state index >= 15 is 0 Å². The van der Waals surface area contributed by atoms with Gasteiger partial charge < -0.3 is 23.2 Å². The molecule has 9 heterocycles. The lowest BCUT2D eigenvalue weighted by molar-refractivity contribution is 0.504. The summed E-state index contributed by atoms with van der Waals surface area (Å²) in [4.78, 5) is 6.89. The van der Waals surface area contributed by atoms with Crippen LogP contribution in [0.5, 0.6) is 0 Å². The van der Waals surface area contributed by atoms with Crippen molar-refractivity contribution in [2.75, 3.05) is 0 Å². The first-order valence-corrected chi connectivity index (χ1v) is 48.6. The molecule has 0 bridgehead atoms. The van der Waals surface area contributed by atoms with Crippen LogP contribution in [0.15, 0.2) is 317 Å². The first-order valence-electron chi connectivity index (χ1n) is 44.2. The average molecular weight is 1720 g/mol. The molecule has 127 heavy (non-hydrogen) atoms. The molecule has 2 N–H and O–H groups in total. The summed E-state index contributed by atoms with van der Waals surface area (Å²) in [5.74, 6) is 1.97. The van der Waals surface area contributed by atoms with E-state index in [9.17, 15) is 0 Å². The molecule has 5 nitrogen and oxygen atoms in total. The Morgan fingerprint density at radius 3 is 0.882 bits per heavy atom. The topological polar surface area (TPSA) is 71.0 Å². The van der Waals surface area contributed by atoms with E-state index in [4.69, 9.17) is 13.3 Å². The number of aromatic amines is 2. The molecule has 7 aromatic heterocycles. The number of nitrogens with one attached hydrogen (secondary N) is 2. The van der Waals surface area contributed by atoms with Gasteiger partial charge in [0.1, 0.15) is 33.9 Å². The standard InChI is InChI=1S/2C14H13N.2C14H12O.2C14H12S.2C14H14Si.C6H8O/c1-9-3-5-13-11(7-9)12-8-10(2)4-6-14(12)15-13;1-9-3-5-11-12-6-4-10(2)8-14(12)15-13(11)7-9;1-9-3-5-13-11(7-9)12-8-10(2)4-6-14(12)15-13;1-9-3-5-11-12-6-4-10(2)8-14(12)15-13(11)7-9;1-9-3-5-13-11(7-9)12-8-10(2)4-6-14(12)15-13;1-9-3-5-11-12-6-4-10(2)8-14(12)15-13(11)7-9;1-9-3-5-13-11(7-9)12-8-10(2)4-6-14(12)15-13;1-9-3-5-11-12-6-4-10(2)8-14(12)15-13(11)7-9;1-5-3-4-6(2)7-5/h2*3-8,15H,1-2H3;4*3-8H,1-2H3;2*3-8H,15H2,1-2H3;3-4H,1-2H3. The summed E-state index contributed by atoms with van der Waals surface area (Å²) < 4.78 is 22.2. The van der Waals surface area contributed by atoms with Gasteiger partial charge in [-0.1, -0.05) is 258 Å². The van der Waals surface area contributed by atoms with Gasteiger partial charge in [-0.25, -0.2) is 0 Å². The molecule has 0 aliphatic carbocycles. The van der Waals surface area contributed by atoms with Crippen LogP contribution >= 0.6 is 22.7 Å². The Labute approximate surface area is 758 Å². The highest BCUT2D eigenvalue weighted by atomic mass is 32.1. The summed E-state index contributed by atoms with van der Waals surface area (Å²) in [6.45, 7) is 38.1. The average Bonchev–Trinajstić information content (AvgIpc) is 1.71. The van der Waals surface area contributed by atoms with Crippen LogP contribution in [-0.2, 0) is 0 Å². The zero-order valence-electron chi connectivity index (χ0n) is 76.3. The zero-order valence-corrected chi connectivity index (χ0v) is 80.8. The maximum atomic E-state index is 5.81. The van der Waals surface area contributed by atoms with Crippen LogP contribution in [0.3, 0.4) is 0 Å². The molecule has 0 atom stereocenters. The molecule has 9 heteroatoms. The highest BCUT2D eigenvalue weighted by Gasteiger charge is 2.21. The molecular formula is C118H110N2O3S2Si2. The van der Waals surface area contributed by atoms with Crippen LogP contribution in [0, 0.1) is 125 Å². The monoisotopic (exact) mass is 1720 g/mol. The molecule has 23 aromatic rings. The normalized spacial score (nSPS) is 11.5. The lowest BCUT2D eigenvalue weighted by Crippen LogP contribution is -2.21. The third kappa shape index (κ3) is 19.3. The van der Waals surface area contributed by atoms with Crippen molar-refractivity contribution in [2.45, 2.75) is 125 Å². The molecule has 2 aliphatic rings. The maximum Gasteiger partial charge on any atom is 0.135 e. The van der Waals surface area contributed by atoms with E-state index in [-0.39, 0.29) is 19.0 Å². The predicted molar refractivity (Wildman–Crippen MR) is 561 cm³/mol. The fourth-order valence-corrected chi connectivity index (χ4v) is 24.1. The number of fused-ring (bicyclic) bond motifs is 24. The Kier molecular flexibility index (Phi) is 24.9. The number of hydrogen-bond acceptors (Lipinski definition) is 5. The second-order valence-electron chi connectivity index (χ2n) is 35.5. The quantitative estimate of drug-likeness (QED) is 0.149. The summed E-state index contributed by atoms with van der Waals surface area (Å²) >= 11 is 3.77. The van der Waals surface area contributed by atoms with Gasteiger partial charge in [-0.2, -0.15) is 0 Å². The van der Waals surface area contributed by atoms with Crippen LogP contribution in [0.25, 0.3) is 150 Å².